The van der Waals surface area contributed by atoms with Crippen molar-refractivity contribution in [2.45, 2.75) is 26.9 Å². The number of anilines is 1. The van der Waals surface area contributed by atoms with Crippen LogP contribution in [0.5, 0.6) is 5.75 Å². The number of esters is 1. The van der Waals surface area contributed by atoms with Gasteiger partial charge in [0.1, 0.15) is 12.4 Å². The third-order valence-corrected chi connectivity index (χ3v) is 4.70. The van der Waals surface area contributed by atoms with E-state index in [2.05, 4.69) is 34.6 Å². The summed E-state index contributed by atoms with van der Waals surface area (Å²) >= 11 is 1.39. The maximum absolute atomic E-state index is 11.5. The molecule has 3 aromatic rings. The fourth-order valence-electron chi connectivity index (χ4n) is 2.61. The van der Waals surface area contributed by atoms with E-state index < -0.39 is 0 Å². The summed E-state index contributed by atoms with van der Waals surface area (Å²) in [5.74, 6) is 0.497. The second kappa shape index (κ2) is 10.4. The van der Waals surface area contributed by atoms with Crippen LogP contribution in [0.2, 0.25) is 0 Å². The van der Waals surface area contributed by atoms with Gasteiger partial charge in [0.15, 0.2) is 0 Å². The van der Waals surface area contributed by atoms with Crippen LogP contribution in [0.3, 0.4) is 0 Å². The van der Waals surface area contributed by atoms with Crippen LogP contribution in [-0.4, -0.2) is 23.8 Å². The Hall–Kier alpha value is -3.19. The Bertz CT molecular complexity index is 985. The van der Waals surface area contributed by atoms with Gasteiger partial charge in [-0.25, -0.2) is 4.98 Å². The lowest BCUT2D eigenvalue weighted by Crippen LogP contribution is -2.07. The number of aromatic nitrogens is 1. The average Bonchev–Trinajstić information content (AvgIpc) is 3.14. The number of carbonyl (C=O) groups excluding carboxylic acids is 1. The van der Waals surface area contributed by atoms with Crippen LogP contribution in [0.25, 0.3) is 0 Å². The zero-order chi connectivity index (χ0) is 20.5. The zero-order valence-electron chi connectivity index (χ0n) is 16.4. The van der Waals surface area contributed by atoms with Gasteiger partial charge >= 0.3 is 5.97 Å². The van der Waals surface area contributed by atoms with Gasteiger partial charge in [0.05, 0.1) is 24.9 Å². The first-order valence-corrected chi connectivity index (χ1v) is 10.2. The molecule has 0 radical (unpaired) electrons. The second-order valence-corrected chi connectivity index (χ2v) is 7.20. The van der Waals surface area contributed by atoms with Crippen LogP contribution >= 0.6 is 11.3 Å². The van der Waals surface area contributed by atoms with Gasteiger partial charge in [-0.05, 0) is 37.1 Å². The number of thiazole rings is 1. The van der Waals surface area contributed by atoms with Crippen molar-refractivity contribution in [1.29, 1.82) is 0 Å². The third-order valence-electron chi connectivity index (χ3n) is 3.90. The molecule has 0 unspecified atom stereocenters. The predicted octanol–water partition coefficient (Wildman–Crippen LogP) is 4.58. The van der Waals surface area contributed by atoms with E-state index in [1.54, 1.807) is 13.1 Å². The van der Waals surface area contributed by atoms with E-state index in [4.69, 9.17) is 9.47 Å². The molecular weight excluding hydrogens is 386 g/mol. The molecule has 6 nitrogen and oxygen atoms in total. The van der Waals surface area contributed by atoms with Crippen LogP contribution in [0.1, 0.15) is 29.3 Å². The highest BCUT2D eigenvalue weighted by molar-refractivity contribution is 7.13. The van der Waals surface area contributed by atoms with Crippen LogP contribution in [0, 0.1) is 6.92 Å². The summed E-state index contributed by atoms with van der Waals surface area (Å²) in [6.07, 6.45) is 1.86. The summed E-state index contributed by atoms with van der Waals surface area (Å²) in [7, 11) is 0. The summed E-state index contributed by atoms with van der Waals surface area (Å²) < 4.78 is 10.8. The lowest BCUT2D eigenvalue weighted by Gasteiger charge is -2.07. The molecule has 0 aliphatic carbocycles. The molecule has 1 N–H and O–H groups in total. The Morgan fingerprint density at radius 3 is 2.93 bits per heavy atom. The van der Waals surface area contributed by atoms with Crippen LogP contribution < -0.4 is 10.2 Å². The molecule has 0 saturated heterocycles. The van der Waals surface area contributed by atoms with Gasteiger partial charge in [0.2, 0.25) is 5.13 Å². The van der Waals surface area contributed by atoms with Crippen molar-refractivity contribution >= 4 is 28.7 Å². The molecule has 3 rings (SSSR count). The van der Waals surface area contributed by atoms with E-state index in [0.717, 1.165) is 16.9 Å². The van der Waals surface area contributed by atoms with Gasteiger partial charge in [0, 0.05) is 5.38 Å². The molecule has 29 heavy (non-hydrogen) atoms. The molecule has 150 valence electrons. The van der Waals surface area contributed by atoms with E-state index in [0.29, 0.717) is 24.0 Å². The Labute approximate surface area is 174 Å². The molecule has 1 aromatic heterocycles. The van der Waals surface area contributed by atoms with Crippen molar-refractivity contribution in [2.24, 2.45) is 5.10 Å². The smallest absolute Gasteiger partial charge is 0.311 e. The van der Waals surface area contributed by atoms with Gasteiger partial charge in [-0.2, -0.15) is 5.10 Å². The summed E-state index contributed by atoms with van der Waals surface area (Å²) in [4.78, 5) is 15.8. The number of carbonyl (C=O) groups is 1. The Kier molecular flexibility index (Phi) is 7.35. The third kappa shape index (κ3) is 6.73. The normalized spacial score (nSPS) is 10.8. The molecule has 7 heteroatoms. The average molecular weight is 410 g/mol. The SMILES string of the molecule is CCOC(=O)Cc1csc(NN=Cc2cccc(OCc3cccc(C)c3)c2)n1. The first kappa shape index (κ1) is 20.5. The van der Waals surface area contributed by atoms with E-state index in [-0.39, 0.29) is 12.4 Å². The minimum absolute atomic E-state index is 0.163. The largest absolute Gasteiger partial charge is 0.489 e. The molecule has 0 spiro atoms. The lowest BCUT2D eigenvalue weighted by molar-refractivity contribution is -0.142. The molecule has 0 bridgehead atoms. The van der Waals surface area contributed by atoms with Gasteiger partial charge in [-0.3, -0.25) is 10.2 Å². The van der Waals surface area contributed by atoms with Crippen molar-refractivity contribution in [3.63, 3.8) is 0 Å². The van der Waals surface area contributed by atoms with E-state index >= 15 is 0 Å². The topological polar surface area (TPSA) is 72.8 Å². The van der Waals surface area contributed by atoms with Gasteiger partial charge < -0.3 is 9.47 Å². The highest BCUT2D eigenvalue weighted by Gasteiger charge is 2.07. The highest BCUT2D eigenvalue weighted by atomic mass is 32.1. The lowest BCUT2D eigenvalue weighted by atomic mass is 10.1. The molecule has 0 atom stereocenters. The summed E-state index contributed by atoms with van der Waals surface area (Å²) in [5, 5.41) is 6.64. The van der Waals surface area contributed by atoms with Crippen LogP contribution in [0.15, 0.2) is 59.0 Å². The van der Waals surface area contributed by atoms with E-state index in [9.17, 15) is 4.79 Å². The number of rotatable bonds is 9. The molecule has 0 saturated carbocycles. The first-order chi connectivity index (χ1) is 14.1. The monoisotopic (exact) mass is 409 g/mol. The minimum atomic E-state index is -0.282. The quantitative estimate of drug-likeness (QED) is 0.318. The number of nitrogens with zero attached hydrogens (tertiary/aromatic N) is 2. The van der Waals surface area contributed by atoms with Crippen molar-refractivity contribution in [1.82, 2.24) is 4.98 Å². The molecule has 0 amide bonds. The maximum Gasteiger partial charge on any atom is 0.311 e. The van der Waals surface area contributed by atoms with Crippen molar-refractivity contribution in [3.8, 4) is 5.75 Å². The Balaban J connectivity index is 1.52. The summed E-state index contributed by atoms with van der Waals surface area (Å²) in [6, 6.07) is 16.0. The number of hydrazone groups is 1. The minimum Gasteiger partial charge on any atom is -0.489 e. The number of benzene rings is 2. The standard InChI is InChI=1S/C22H23N3O3S/c1-3-27-21(26)12-19-15-29-22(24-19)25-23-13-17-7-5-9-20(11-17)28-14-18-8-4-6-16(2)10-18/h4-11,13,15H,3,12,14H2,1-2H3,(H,24,25). The number of ether oxygens (including phenoxy) is 2. The highest BCUT2D eigenvalue weighted by Crippen LogP contribution is 2.17. The molecular formula is C22H23N3O3S. The fraction of sp³-hybridized carbons (Fsp3) is 0.227. The molecule has 0 fully saturated rings. The van der Waals surface area contributed by atoms with Crippen molar-refractivity contribution in [2.75, 3.05) is 12.0 Å². The number of aryl methyl sites for hydroxylation is 1. The Morgan fingerprint density at radius 1 is 1.24 bits per heavy atom. The van der Waals surface area contributed by atoms with Gasteiger partial charge in [-0.15, -0.1) is 11.3 Å². The number of hydrogen-bond donors (Lipinski definition) is 1. The zero-order valence-corrected chi connectivity index (χ0v) is 17.2. The molecule has 0 aliphatic rings. The summed E-state index contributed by atoms with van der Waals surface area (Å²) in [6.45, 7) is 4.73. The van der Waals surface area contributed by atoms with Crippen LogP contribution in [-0.2, 0) is 22.6 Å². The first-order valence-electron chi connectivity index (χ1n) is 9.30. The fourth-order valence-corrected chi connectivity index (χ4v) is 3.27. The van der Waals surface area contributed by atoms with Crippen molar-refractivity contribution in [3.05, 3.63) is 76.3 Å². The number of hydrogen-bond acceptors (Lipinski definition) is 7. The predicted molar refractivity (Wildman–Crippen MR) is 116 cm³/mol. The maximum atomic E-state index is 11.5. The second-order valence-electron chi connectivity index (χ2n) is 6.35. The molecule has 2 aromatic carbocycles. The molecule has 0 aliphatic heterocycles. The Morgan fingerprint density at radius 2 is 2.10 bits per heavy atom. The van der Waals surface area contributed by atoms with E-state index in [1.165, 1.54) is 16.9 Å². The molecule has 1 heterocycles. The van der Waals surface area contributed by atoms with E-state index in [1.807, 2.05) is 41.8 Å². The number of nitrogens with one attached hydrogen (secondary N) is 1. The summed E-state index contributed by atoms with van der Waals surface area (Å²) in [5.41, 5.74) is 6.80. The van der Waals surface area contributed by atoms with Gasteiger partial charge in [-0.1, -0.05) is 42.0 Å². The van der Waals surface area contributed by atoms with Gasteiger partial charge in [0.25, 0.3) is 0 Å². The van der Waals surface area contributed by atoms with Crippen molar-refractivity contribution < 1.29 is 14.3 Å². The van der Waals surface area contributed by atoms with Crippen LogP contribution in [0.4, 0.5) is 5.13 Å².